The van der Waals surface area contributed by atoms with Gasteiger partial charge in [-0.25, -0.2) is 4.98 Å². The molecule has 5 nitrogen and oxygen atoms in total. The van der Waals surface area contributed by atoms with Gasteiger partial charge in [0.1, 0.15) is 5.82 Å². The van der Waals surface area contributed by atoms with Crippen molar-refractivity contribution in [2.75, 3.05) is 20.1 Å². The highest BCUT2D eigenvalue weighted by atomic mass is 15.3. The number of hydrogen-bond donors (Lipinski definition) is 1. The molecule has 0 amide bonds. The van der Waals surface area contributed by atoms with Gasteiger partial charge in [0.05, 0.1) is 6.54 Å². The van der Waals surface area contributed by atoms with Crippen molar-refractivity contribution in [1.82, 2.24) is 25.0 Å². The van der Waals surface area contributed by atoms with E-state index in [1.165, 1.54) is 44.3 Å². The first-order chi connectivity index (χ1) is 11.8. The monoisotopic (exact) mass is 325 g/mol. The van der Waals surface area contributed by atoms with Gasteiger partial charge in [-0.15, -0.1) is 0 Å². The van der Waals surface area contributed by atoms with Crippen LogP contribution < -0.4 is 0 Å². The molecule has 0 radical (unpaired) electrons. The lowest BCUT2D eigenvalue weighted by molar-refractivity contribution is 0.117. The minimum atomic E-state index is 0.626. The SMILES string of the molecule is CN(Cc1nc(C2CC2)n[nH]1)C1CCN(Cc2ccccc2)CC1. The summed E-state index contributed by atoms with van der Waals surface area (Å²) in [5.41, 5.74) is 1.42. The van der Waals surface area contributed by atoms with Crippen molar-refractivity contribution in [3.05, 3.63) is 47.5 Å². The molecule has 1 aliphatic carbocycles. The maximum atomic E-state index is 4.66. The Bertz CT molecular complexity index is 641. The lowest BCUT2D eigenvalue weighted by Gasteiger charge is -2.36. The minimum Gasteiger partial charge on any atom is -0.299 e. The second-order valence-electron chi connectivity index (χ2n) is 7.32. The molecule has 2 fully saturated rings. The van der Waals surface area contributed by atoms with Gasteiger partial charge >= 0.3 is 0 Å². The zero-order valence-electron chi connectivity index (χ0n) is 14.5. The van der Waals surface area contributed by atoms with Crippen LogP contribution in [0.1, 0.15) is 48.8 Å². The Morgan fingerprint density at radius 2 is 1.88 bits per heavy atom. The maximum Gasteiger partial charge on any atom is 0.153 e. The maximum absolute atomic E-state index is 4.66. The van der Waals surface area contributed by atoms with Crippen molar-refractivity contribution in [2.24, 2.45) is 0 Å². The Kier molecular flexibility index (Phi) is 4.63. The second kappa shape index (κ2) is 7.03. The molecule has 0 unspecified atom stereocenters. The van der Waals surface area contributed by atoms with E-state index in [4.69, 9.17) is 0 Å². The summed E-state index contributed by atoms with van der Waals surface area (Å²) in [4.78, 5) is 9.67. The lowest BCUT2D eigenvalue weighted by atomic mass is 10.0. The Morgan fingerprint density at radius 1 is 1.12 bits per heavy atom. The fraction of sp³-hybridized carbons (Fsp3) is 0.579. The first-order valence-electron chi connectivity index (χ1n) is 9.15. The molecule has 1 aromatic carbocycles. The molecule has 128 valence electrons. The minimum absolute atomic E-state index is 0.626. The Hall–Kier alpha value is -1.72. The standard InChI is InChI=1S/C19H27N5/c1-23(14-18-20-19(22-21-18)16-7-8-16)17-9-11-24(12-10-17)13-15-5-3-2-4-6-15/h2-6,16-17H,7-14H2,1H3,(H,20,21,22). The third-order valence-electron chi connectivity index (χ3n) is 5.32. The Morgan fingerprint density at radius 3 is 2.58 bits per heavy atom. The van der Waals surface area contributed by atoms with Crippen LogP contribution in [0.15, 0.2) is 30.3 Å². The van der Waals surface area contributed by atoms with Crippen LogP contribution in [0.5, 0.6) is 0 Å². The van der Waals surface area contributed by atoms with Gasteiger partial charge in [-0.1, -0.05) is 30.3 Å². The molecule has 1 aliphatic heterocycles. The summed E-state index contributed by atoms with van der Waals surface area (Å²) < 4.78 is 0. The summed E-state index contributed by atoms with van der Waals surface area (Å²) in [6, 6.07) is 11.4. The van der Waals surface area contributed by atoms with Gasteiger partial charge in [0, 0.05) is 18.5 Å². The molecule has 1 aromatic heterocycles. The Labute approximate surface area is 144 Å². The van der Waals surface area contributed by atoms with Crippen LogP contribution in [0.25, 0.3) is 0 Å². The summed E-state index contributed by atoms with van der Waals surface area (Å²) in [6.07, 6.45) is 4.97. The van der Waals surface area contributed by atoms with Crippen molar-refractivity contribution >= 4 is 0 Å². The smallest absolute Gasteiger partial charge is 0.153 e. The predicted octanol–water partition coefficient (Wildman–Crippen LogP) is 2.78. The molecule has 0 bridgehead atoms. The summed E-state index contributed by atoms with van der Waals surface area (Å²) in [5.74, 6) is 2.67. The molecule has 0 spiro atoms. The van der Waals surface area contributed by atoms with Crippen molar-refractivity contribution < 1.29 is 0 Å². The normalized spacial score (nSPS) is 19.9. The average Bonchev–Trinajstić information content (AvgIpc) is 3.36. The van der Waals surface area contributed by atoms with Crippen LogP contribution in [0.4, 0.5) is 0 Å². The number of hydrogen-bond acceptors (Lipinski definition) is 4. The number of aromatic nitrogens is 3. The topological polar surface area (TPSA) is 48.1 Å². The fourth-order valence-electron chi connectivity index (χ4n) is 3.63. The number of nitrogens with zero attached hydrogens (tertiary/aromatic N) is 4. The fourth-order valence-corrected chi connectivity index (χ4v) is 3.63. The van der Waals surface area contributed by atoms with Crippen LogP contribution in [0, 0.1) is 0 Å². The number of piperidine rings is 1. The van der Waals surface area contributed by atoms with E-state index in [-0.39, 0.29) is 0 Å². The van der Waals surface area contributed by atoms with Crippen LogP contribution >= 0.6 is 0 Å². The summed E-state index contributed by atoms with van der Waals surface area (Å²) >= 11 is 0. The zero-order chi connectivity index (χ0) is 16.4. The van der Waals surface area contributed by atoms with Gasteiger partial charge in [-0.3, -0.25) is 14.9 Å². The first-order valence-corrected chi connectivity index (χ1v) is 9.15. The van der Waals surface area contributed by atoms with Crippen molar-refractivity contribution in [1.29, 1.82) is 0 Å². The number of aromatic amines is 1. The first kappa shape index (κ1) is 15.8. The molecular weight excluding hydrogens is 298 g/mol. The predicted molar refractivity (Wildman–Crippen MR) is 94.6 cm³/mol. The molecule has 1 saturated carbocycles. The molecule has 2 aromatic rings. The van der Waals surface area contributed by atoms with Gasteiger partial charge in [-0.05, 0) is 51.4 Å². The Balaban J connectivity index is 1.25. The second-order valence-corrected chi connectivity index (χ2v) is 7.32. The molecule has 4 rings (SSSR count). The third kappa shape index (κ3) is 3.84. The van der Waals surface area contributed by atoms with Crippen LogP contribution in [0.3, 0.4) is 0 Å². The summed E-state index contributed by atoms with van der Waals surface area (Å²) in [7, 11) is 2.22. The molecule has 1 N–H and O–H groups in total. The number of H-pyrrole nitrogens is 1. The van der Waals surface area contributed by atoms with Gasteiger partial charge < -0.3 is 0 Å². The van der Waals surface area contributed by atoms with E-state index in [1.54, 1.807) is 0 Å². The van der Waals surface area contributed by atoms with E-state index in [9.17, 15) is 0 Å². The highest BCUT2D eigenvalue weighted by Gasteiger charge is 2.28. The zero-order valence-corrected chi connectivity index (χ0v) is 14.5. The van der Waals surface area contributed by atoms with Gasteiger partial charge in [-0.2, -0.15) is 5.10 Å². The largest absolute Gasteiger partial charge is 0.299 e. The van der Waals surface area contributed by atoms with E-state index in [0.717, 1.165) is 24.7 Å². The highest BCUT2D eigenvalue weighted by Crippen LogP contribution is 2.37. The van der Waals surface area contributed by atoms with Crippen LogP contribution in [-0.4, -0.2) is 51.2 Å². The van der Waals surface area contributed by atoms with Crippen molar-refractivity contribution in [3.8, 4) is 0 Å². The quantitative estimate of drug-likeness (QED) is 0.887. The molecule has 5 heteroatoms. The van der Waals surface area contributed by atoms with Gasteiger partial charge in [0.25, 0.3) is 0 Å². The lowest BCUT2D eigenvalue weighted by Crippen LogP contribution is -2.42. The van der Waals surface area contributed by atoms with E-state index >= 15 is 0 Å². The number of benzene rings is 1. The van der Waals surface area contributed by atoms with Crippen molar-refractivity contribution in [2.45, 2.75) is 50.7 Å². The summed E-state index contributed by atoms with van der Waals surface area (Å²) in [5, 5.41) is 7.49. The molecule has 24 heavy (non-hydrogen) atoms. The van der Waals surface area contributed by atoms with Gasteiger partial charge in [0.15, 0.2) is 5.82 Å². The number of nitrogens with one attached hydrogen (secondary N) is 1. The number of rotatable bonds is 6. The molecular formula is C19H27N5. The van der Waals surface area contributed by atoms with Crippen molar-refractivity contribution in [3.63, 3.8) is 0 Å². The third-order valence-corrected chi connectivity index (χ3v) is 5.32. The van der Waals surface area contributed by atoms with E-state index in [0.29, 0.717) is 12.0 Å². The molecule has 0 atom stereocenters. The van der Waals surface area contributed by atoms with E-state index in [2.05, 4.69) is 62.4 Å². The van der Waals surface area contributed by atoms with Crippen LogP contribution in [0.2, 0.25) is 0 Å². The van der Waals surface area contributed by atoms with Crippen LogP contribution in [-0.2, 0) is 13.1 Å². The molecule has 2 aliphatic rings. The van der Waals surface area contributed by atoms with E-state index in [1.807, 2.05) is 0 Å². The molecule has 2 heterocycles. The van der Waals surface area contributed by atoms with E-state index < -0.39 is 0 Å². The number of likely N-dealkylation sites (tertiary alicyclic amines) is 1. The molecule has 1 saturated heterocycles. The summed E-state index contributed by atoms with van der Waals surface area (Å²) in [6.45, 7) is 4.30. The average molecular weight is 325 g/mol. The highest BCUT2D eigenvalue weighted by molar-refractivity contribution is 5.14. The van der Waals surface area contributed by atoms with Gasteiger partial charge in [0.2, 0.25) is 0 Å².